The molecule has 0 atom stereocenters. The second-order valence-corrected chi connectivity index (χ2v) is 6.51. The summed E-state index contributed by atoms with van der Waals surface area (Å²) in [7, 11) is 1.62. The van der Waals surface area contributed by atoms with Gasteiger partial charge >= 0.3 is 5.82 Å². The largest absolute Gasteiger partial charge is 0.430 e. The highest BCUT2D eigenvalue weighted by Crippen LogP contribution is 2.25. The van der Waals surface area contributed by atoms with Crippen LogP contribution < -0.4 is 5.32 Å². The van der Waals surface area contributed by atoms with Crippen LogP contribution in [-0.2, 0) is 6.54 Å². The maximum absolute atomic E-state index is 11.7. The van der Waals surface area contributed by atoms with Crippen LogP contribution in [0, 0.1) is 24.0 Å². The van der Waals surface area contributed by atoms with E-state index in [-0.39, 0.29) is 11.6 Å². The third-order valence-electron chi connectivity index (χ3n) is 4.17. The van der Waals surface area contributed by atoms with Gasteiger partial charge in [0.15, 0.2) is 0 Å². The third kappa shape index (κ3) is 5.26. The number of pyridine rings is 1. The number of hydrogen-bond acceptors (Lipinski definition) is 7. The summed E-state index contributed by atoms with van der Waals surface area (Å²) in [6, 6.07) is 9.20. The Kier molecular flexibility index (Phi) is 7.45. The molecule has 28 heavy (non-hydrogen) atoms. The molecule has 0 bridgehead atoms. The summed E-state index contributed by atoms with van der Waals surface area (Å²) in [4.78, 5) is 17.0. The van der Waals surface area contributed by atoms with Crippen LogP contribution in [-0.4, -0.2) is 28.4 Å². The molecule has 0 aliphatic rings. The molecule has 0 spiro atoms. The molecule has 0 aliphatic heterocycles. The second kappa shape index (κ2) is 9.80. The summed E-state index contributed by atoms with van der Waals surface area (Å²) in [6.07, 6.45) is 1.64. The van der Waals surface area contributed by atoms with Crippen molar-refractivity contribution in [3.05, 3.63) is 80.1 Å². The summed E-state index contributed by atoms with van der Waals surface area (Å²) >= 11 is 5.83. The minimum absolute atomic E-state index is 0.275. The molecule has 148 valence electrons. The van der Waals surface area contributed by atoms with Gasteiger partial charge in [0.25, 0.3) is 0 Å². The lowest BCUT2D eigenvalue weighted by atomic mass is 10.1. The van der Waals surface area contributed by atoms with Crippen LogP contribution in [0.5, 0.6) is 0 Å². The van der Waals surface area contributed by atoms with E-state index in [1.807, 2.05) is 45.0 Å². The van der Waals surface area contributed by atoms with Gasteiger partial charge in [-0.3, -0.25) is 0 Å². The summed E-state index contributed by atoms with van der Waals surface area (Å²) in [5.74, 6) is -0.0774. The number of benzene rings is 1. The molecule has 2 aromatic rings. The Balaban J connectivity index is 2.42. The van der Waals surface area contributed by atoms with Gasteiger partial charge in [-0.05, 0) is 53.6 Å². The normalized spacial score (nSPS) is 12.0. The Labute approximate surface area is 169 Å². The molecule has 0 fully saturated rings. The van der Waals surface area contributed by atoms with E-state index in [1.165, 1.54) is 0 Å². The van der Waals surface area contributed by atoms with Crippen LogP contribution in [0.2, 0.25) is 5.15 Å². The van der Waals surface area contributed by atoms with Crippen molar-refractivity contribution in [1.29, 1.82) is 0 Å². The van der Waals surface area contributed by atoms with E-state index in [0.29, 0.717) is 23.9 Å². The fraction of sp³-hybridized carbons (Fsp3) is 0.316. The molecule has 0 saturated heterocycles. The van der Waals surface area contributed by atoms with Gasteiger partial charge in [-0.15, -0.1) is 0 Å². The van der Waals surface area contributed by atoms with Crippen molar-refractivity contribution >= 4 is 17.3 Å². The van der Waals surface area contributed by atoms with Crippen LogP contribution in [0.15, 0.2) is 58.4 Å². The van der Waals surface area contributed by atoms with E-state index in [1.54, 1.807) is 24.2 Å². The molecule has 0 radical (unpaired) electrons. The number of nitro groups is 1. The molecular formula is C19H23ClN6O2. The number of azo groups is 1. The molecule has 9 heteroatoms. The highest BCUT2D eigenvalue weighted by molar-refractivity contribution is 6.29. The summed E-state index contributed by atoms with van der Waals surface area (Å²) in [5, 5.41) is 23.1. The minimum atomic E-state index is -0.536. The van der Waals surface area contributed by atoms with Crippen molar-refractivity contribution in [2.75, 3.05) is 13.6 Å². The fourth-order valence-corrected chi connectivity index (χ4v) is 2.82. The van der Waals surface area contributed by atoms with Gasteiger partial charge in [-0.1, -0.05) is 35.9 Å². The number of halogens is 1. The zero-order valence-electron chi connectivity index (χ0n) is 16.3. The molecule has 1 aromatic carbocycles. The first-order chi connectivity index (χ1) is 13.4. The van der Waals surface area contributed by atoms with E-state index in [2.05, 4.69) is 20.5 Å². The SMILES string of the molecule is CCN(Cc1ccc(Cl)nc1)/C(NC)=C(\N=N\c1c(C)cccc1C)[N+](=O)[O-]. The van der Waals surface area contributed by atoms with E-state index in [0.717, 1.165) is 16.7 Å². The predicted molar refractivity (Wildman–Crippen MR) is 109 cm³/mol. The third-order valence-corrected chi connectivity index (χ3v) is 4.39. The topological polar surface area (TPSA) is 96.0 Å². The molecule has 1 N–H and O–H groups in total. The molecule has 2 rings (SSSR count). The van der Waals surface area contributed by atoms with Crippen molar-refractivity contribution < 1.29 is 4.92 Å². The maximum atomic E-state index is 11.7. The molecule has 0 aliphatic carbocycles. The van der Waals surface area contributed by atoms with Gasteiger partial charge in [-0.2, -0.15) is 0 Å². The van der Waals surface area contributed by atoms with Crippen LogP contribution in [0.25, 0.3) is 0 Å². The van der Waals surface area contributed by atoms with Crippen molar-refractivity contribution in [3.63, 3.8) is 0 Å². The molecule has 0 amide bonds. The van der Waals surface area contributed by atoms with E-state index in [9.17, 15) is 10.1 Å². The number of rotatable bonds is 8. The summed E-state index contributed by atoms with van der Waals surface area (Å²) in [6.45, 7) is 6.62. The van der Waals surface area contributed by atoms with Gasteiger partial charge in [0.05, 0.1) is 5.11 Å². The van der Waals surface area contributed by atoms with Gasteiger partial charge in [-0.25, -0.2) is 4.98 Å². The van der Waals surface area contributed by atoms with Gasteiger partial charge in [0.1, 0.15) is 10.8 Å². The van der Waals surface area contributed by atoms with E-state index in [4.69, 9.17) is 11.6 Å². The quantitative estimate of drug-likeness (QED) is 0.301. The molecular weight excluding hydrogens is 380 g/mol. The van der Waals surface area contributed by atoms with Gasteiger partial charge in [0.2, 0.25) is 5.82 Å². The summed E-state index contributed by atoms with van der Waals surface area (Å²) < 4.78 is 0. The van der Waals surface area contributed by atoms with E-state index >= 15 is 0 Å². The van der Waals surface area contributed by atoms with Gasteiger partial charge < -0.3 is 20.3 Å². The van der Waals surface area contributed by atoms with Crippen molar-refractivity contribution in [2.45, 2.75) is 27.3 Å². The van der Waals surface area contributed by atoms with Crippen molar-refractivity contribution in [3.8, 4) is 0 Å². The van der Waals surface area contributed by atoms with Gasteiger partial charge in [0, 0.05) is 26.3 Å². The smallest absolute Gasteiger partial charge is 0.368 e. The average molecular weight is 403 g/mol. The number of aromatic nitrogens is 1. The molecule has 0 saturated carbocycles. The number of aryl methyl sites for hydroxylation is 2. The van der Waals surface area contributed by atoms with E-state index < -0.39 is 4.92 Å². The van der Waals surface area contributed by atoms with Crippen LogP contribution >= 0.6 is 11.6 Å². The Morgan fingerprint density at radius 2 is 1.96 bits per heavy atom. The zero-order valence-corrected chi connectivity index (χ0v) is 17.1. The Hall–Kier alpha value is -3.00. The first-order valence-electron chi connectivity index (χ1n) is 8.77. The standard InChI is InChI=1S/C19H23ClN6O2/c1-5-25(12-15-9-10-16(20)22-11-15)18(21-4)19(26(27)28)24-23-17-13(2)7-6-8-14(17)3/h6-11,21H,5,12H2,1-4H3/b19-18+,24-23+. The lowest BCUT2D eigenvalue weighted by Gasteiger charge is -2.24. The lowest BCUT2D eigenvalue weighted by molar-refractivity contribution is -0.429. The first-order valence-corrected chi connectivity index (χ1v) is 9.14. The highest BCUT2D eigenvalue weighted by atomic mass is 35.5. The zero-order chi connectivity index (χ0) is 20.7. The Morgan fingerprint density at radius 3 is 2.46 bits per heavy atom. The lowest BCUT2D eigenvalue weighted by Crippen LogP contribution is -2.32. The highest BCUT2D eigenvalue weighted by Gasteiger charge is 2.23. The first kappa shape index (κ1) is 21.3. The van der Waals surface area contributed by atoms with Crippen molar-refractivity contribution in [2.24, 2.45) is 10.2 Å². The maximum Gasteiger partial charge on any atom is 0.430 e. The predicted octanol–water partition coefficient (Wildman–Crippen LogP) is 4.58. The monoisotopic (exact) mass is 402 g/mol. The number of nitrogens with zero attached hydrogens (tertiary/aromatic N) is 5. The van der Waals surface area contributed by atoms with Crippen LogP contribution in [0.3, 0.4) is 0 Å². The molecule has 8 nitrogen and oxygen atoms in total. The van der Waals surface area contributed by atoms with Crippen molar-refractivity contribution in [1.82, 2.24) is 15.2 Å². The molecule has 1 aromatic heterocycles. The number of hydrogen-bond donors (Lipinski definition) is 1. The van der Waals surface area contributed by atoms with Crippen LogP contribution in [0.4, 0.5) is 5.69 Å². The summed E-state index contributed by atoms with van der Waals surface area (Å²) in [5.41, 5.74) is 3.30. The Bertz CT molecular complexity index is 876. The van der Waals surface area contributed by atoms with Crippen LogP contribution in [0.1, 0.15) is 23.6 Å². The molecule has 0 unspecified atom stereocenters. The molecule has 1 heterocycles. The average Bonchev–Trinajstić information content (AvgIpc) is 2.66. The number of nitrogens with one attached hydrogen (secondary N) is 1. The second-order valence-electron chi connectivity index (χ2n) is 6.12. The fourth-order valence-electron chi connectivity index (χ4n) is 2.71. The minimum Gasteiger partial charge on any atom is -0.368 e. The Morgan fingerprint density at radius 1 is 1.29 bits per heavy atom.